The Hall–Kier alpha value is -4.59. The maximum atomic E-state index is 14.1. The lowest BCUT2D eigenvalue weighted by Crippen LogP contribution is -2.32. The van der Waals surface area contributed by atoms with Gasteiger partial charge in [-0.05, 0) is 66.3 Å². The summed E-state index contributed by atoms with van der Waals surface area (Å²) in [7, 11) is 0. The molecule has 1 unspecified atom stereocenters. The quantitative estimate of drug-likeness (QED) is 0.293. The predicted octanol–water partition coefficient (Wildman–Crippen LogP) is 5.24. The molecule has 0 fully saturated rings. The molecule has 0 aliphatic heterocycles. The van der Waals surface area contributed by atoms with E-state index in [1.807, 2.05) is 49.5 Å². The number of hydrogen-bond acceptors (Lipinski definition) is 3. The summed E-state index contributed by atoms with van der Waals surface area (Å²) in [6.45, 7) is 1.99. The zero-order valence-electron chi connectivity index (χ0n) is 21.4. The molecular weight excluding hydrogens is 498 g/mol. The van der Waals surface area contributed by atoms with Crippen LogP contribution in [0, 0.1) is 24.5 Å². The van der Waals surface area contributed by atoms with Gasteiger partial charge < -0.3 is 16.0 Å². The molecule has 39 heavy (non-hydrogen) atoms. The van der Waals surface area contributed by atoms with Crippen LogP contribution in [0.5, 0.6) is 0 Å². The first kappa shape index (κ1) is 26.0. The number of aromatic amines is 1. The van der Waals surface area contributed by atoms with Gasteiger partial charge in [-0.15, -0.1) is 0 Å². The molecule has 6 nitrogen and oxygen atoms in total. The van der Waals surface area contributed by atoms with Gasteiger partial charge in [0, 0.05) is 34.9 Å². The Morgan fingerprint density at radius 3 is 2.72 bits per heavy atom. The third-order valence-corrected chi connectivity index (χ3v) is 6.96. The number of benzene rings is 2. The van der Waals surface area contributed by atoms with E-state index in [9.17, 15) is 18.4 Å². The summed E-state index contributed by atoms with van der Waals surface area (Å²) in [5.74, 6) is -2.56. The van der Waals surface area contributed by atoms with E-state index < -0.39 is 29.5 Å². The van der Waals surface area contributed by atoms with Gasteiger partial charge in [-0.2, -0.15) is 0 Å². The number of fused-ring (bicyclic) bond motifs is 1. The lowest BCUT2D eigenvalue weighted by Gasteiger charge is -2.23. The highest BCUT2D eigenvalue weighted by Gasteiger charge is 2.24. The molecule has 0 saturated carbocycles. The Bertz CT molecular complexity index is 1600. The van der Waals surface area contributed by atoms with Gasteiger partial charge in [-0.1, -0.05) is 36.4 Å². The maximum Gasteiger partial charge on any atom is 0.225 e. The first-order valence-corrected chi connectivity index (χ1v) is 12.7. The Kier molecular flexibility index (Phi) is 7.36. The molecule has 8 heteroatoms. The lowest BCUT2D eigenvalue weighted by molar-refractivity contribution is -0.121. The number of allylic oxidation sites excluding steroid dienone is 3. The normalized spacial score (nSPS) is 15.7. The number of rotatable bonds is 8. The molecular formula is C31H28F2N4O2. The molecule has 2 aromatic carbocycles. The number of aromatic nitrogens is 2. The number of pyridine rings is 1. The van der Waals surface area contributed by atoms with Crippen LogP contribution in [0.1, 0.15) is 40.4 Å². The minimum Gasteiger partial charge on any atom is -0.369 e. The van der Waals surface area contributed by atoms with Crippen molar-refractivity contribution in [2.24, 2.45) is 11.7 Å². The van der Waals surface area contributed by atoms with Crippen LogP contribution in [0.25, 0.3) is 16.5 Å². The summed E-state index contributed by atoms with van der Waals surface area (Å²) in [5.41, 5.74) is 10.7. The van der Waals surface area contributed by atoms with Crippen LogP contribution in [0.4, 0.5) is 8.78 Å². The first-order valence-electron chi connectivity index (χ1n) is 12.7. The predicted molar refractivity (Wildman–Crippen MR) is 146 cm³/mol. The van der Waals surface area contributed by atoms with Gasteiger partial charge in [-0.3, -0.25) is 14.6 Å². The van der Waals surface area contributed by atoms with Crippen molar-refractivity contribution < 1.29 is 18.4 Å². The fourth-order valence-electron chi connectivity index (χ4n) is 5.19. The molecule has 1 aliphatic carbocycles. The molecule has 0 saturated heterocycles. The number of carbonyl (C=O) groups excluding carboxylic acids is 2. The Labute approximate surface area is 224 Å². The van der Waals surface area contributed by atoms with E-state index in [0.29, 0.717) is 23.2 Å². The molecule has 2 amide bonds. The minimum absolute atomic E-state index is 0.105. The van der Waals surface area contributed by atoms with E-state index in [4.69, 9.17) is 5.73 Å². The van der Waals surface area contributed by atoms with Crippen molar-refractivity contribution in [2.45, 2.75) is 32.2 Å². The highest BCUT2D eigenvalue weighted by Crippen LogP contribution is 2.31. The second kappa shape index (κ2) is 11.0. The second-order valence-corrected chi connectivity index (χ2v) is 9.80. The number of H-pyrrole nitrogens is 1. The van der Waals surface area contributed by atoms with E-state index in [2.05, 4.69) is 15.3 Å². The van der Waals surface area contributed by atoms with Crippen molar-refractivity contribution >= 4 is 28.3 Å². The molecule has 0 spiro atoms. The molecule has 4 aromatic rings. The van der Waals surface area contributed by atoms with Crippen LogP contribution in [-0.2, 0) is 22.4 Å². The number of halogens is 2. The summed E-state index contributed by atoms with van der Waals surface area (Å²) in [6.07, 6.45) is 9.68. The van der Waals surface area contributed by atoms with Gasteiger partial charge in [-0.25, -0.2) is 8.78 Å². The molecule has 2 aromatic heterocycles. The van der Waals surface area contributed by atoms with Gasteiger partial charge in [0.25, 0.3) is 0 Å². The van der Waals surface area contributed by atoms with Crippen molar-refractivity contribution in [3.63, 3.8) is 0 Å². The summed E-state index contributed by atoms with van der Waals surface area (Å²) >= 11 is 0. The number of amides is 2. The van der Waals surface area contributed by atoms with Crippen molar-refractivity contribution in [3.05, 3.63) is 119 Å². The lowest BCUT2D eigenvalue weighted by atomic mass is 9.89. The largest absolute Gasteiger partial charge is 0.369 e. The van der Waals surface area contributed by atoms with Gasteiger partial charge in [0.1, 0.15) is 11.6 Å². The Morgan fingerprint density at radius 1 is 1.15 bits per heavy atom. The fraction of sp³-hybridized carbons (Fsp3) is 0.194. The van der Waals surface area contributed by atoms with Gasteiger partial charge in [0.15, 0.2) is 0 Å². The van der Waals surface area contributed by atoms with Crippen molar-refractivity contribution in [1.29, 1.82) is 0 Å². The van der Waals surface area contributed by atoms with Gasteiger partial charge >= 0.3 is 0 Å². The van der Waals surface area contributed by atoms with Crippen LogP contribution < -0.4 is 11.1 Å². The molecule has 0 bridgehead atoms. The highest BCUT2D eigenvalue weighted by molar-refractivity contribution is 5.91. The number of nitrogens with zero attached hydrogens (tertiary/aromatic N) is 1. The zero-order chi connectivity index (χ0) is 27.5. The number of primary amides is 1. The van der Waals surface area contributed by atoms with Gasteiger partial charge in [0.05, 0.1) is 24.1 Å². The SMILES string of the molecule is Cc1cccc2[nH]cc(CC(=O)N[C@@H](Cc3cc(F)cc(F)c3)c3ncccc3C3=CC(C(N)=O)CC=C3)c12. The van der Waals surface area contributed by atoms with Crippen LogP contribution in [0.2, 0.25) is 0 Å². The molecule has 2 heterocycles. The second-order valence-electron chi connectivity index (χ2n) is 9.80. The van der Waals surface area contributed by atoms with Crippen molar-refractivity contribution in [1.82, 2.24) is 15.3 Å². The van der Waals surface area contributed by atoms with Crippen LogP contribution >= 0.6 is 0 Å². The summed E-state index contributed by atoms with van der Waals surface area (Å²) in [6, 6.07) is 12.1. The molecule has 4 N–H and O–H groups in total. The molecule has 198 valence electrons. The number of nitrogens with one attached hydrogen (secondary N) is 2. The average Bonchev–Trinajstić information content (AvgIpc) is 3.31. The standard InChI is InChI=1S/C31H28F2N4O2/c1-18-5-2-9-26-29(18)22(17-36-26)15-28(38)37-27(13-19-11-23(32)16-24(33)12-19)30-25(8-4-10-35-30)20-6-3-7-21(14-20)31(34)39/h2-6,8-12,14,16-17,21,27,36H,7,13,15H2,1H3,(H2,34,39)(H,37,38)/t21?,27-/m0/s1. The maximum absolute atomic E-state index is 14.1. The van der Waals surface area contributed by atoms with E-state index in [1.165, 1.54) is 12.1 Å². The Balaban J connectivity index is 1.50. The van der Waals surface area contributed by atoms with Crippen LogP contribution in [0.15, 0.2) is 79.2 Å². The summed E-state index contributed by atoms with van der Waals surface area (Å²) < 4.78 is 28.1. The Morgan fingerprint density at radius 2 is 1.95 bits per heavy atom. The van der Waals surface area contributed by atoms with E-state index in [0.717, 1.165) is 33.7 Å². The fourth-order valence-corrected chi connectivity index (χ4v) is 5.19. The zero-order valence-corrected chi connectivity index (χ0v) is 21.4. The van der Waals surface area contributed by atoms with Crippen LogP contribution in [-0.4, -0.2) is 21.8 Å². The van der Waals surface area contributed by atoms with Crippen LogP contribution in [0.3, 0.4) is 0 Å². The van der Waals surface area contributed by atoms with Gasteiger partial charge in [0.2, 0.25) is 11.8 Å². The van der Waals surface area contributed by atoms with E-state index >= 15 is 0 Å². The summed E-state index contributed by atoms with van der Waals surface area (Å²) in [5, 5.41) is 4.04. The number of nitrogens with two attached hydrogens (primary N) is 1. The first-order chi connectivity index (χ1) is 18.8. The molecule has 1 aliphatic rings. The van der Waals surface area contributed by atoms with E-state index in [-0.39, 0.29) is 18.7 Å². The number of carbonyl (C=O) groups is 2. The third kappa shape index (κ3) is 5.80. The molecule has 5 rings (SSSR count). The highest BCUT2D eigenvalue weighted by atomic mass is 19.1. The monoisotopic (exact) mass is 526 g/mol. The van der Waals surface area contributed by atoms with Crippen molar-refractivity contribution in [3.8, 4) is 0 Å². The summed E-state index contributed by atoms with van der Waals surface area (Å²) in [4.78, 5) is 33.1. The third-order valence-electron chi connectivity index (χ3n) is 6.96. The number of aryl methyl sites for hydroxylation is 1. The number of hydrogen-bond donors (Lipinski definition) is 3. The topological polar surface area (TPSA) is 101 Å². The smallest absolute Gasteiger partial charge is 0.225 e. The molecule has 2 atom stereocenters. The molecule has 0 radical (unpaired) electrons. The van der Waals surface area contributed by atoms with Crippen molar-refractivity contribution in [2.75, 3.05) is 0 Å². The average molecular weight is 527 g/mol. The minimum atomic E-state index is -0.704. The van der Waals surface area contributed by atoms with E-state index in [1.54, 1.807) is 18.3 Å².